The molecule has 1 aliphatic rings. The lowest BCUT2D eigenvalue weighted by Gasteiger charge is -2.20. The highest BCUT2D eigenvalue weighted by molar-refractivity contribution is 7.89. The topological polar surface area (TPSA) is 72.6 Å². The third-order valence-electron chi connectivity index (χ3n) is 3.95. The number of methoxy groups -OCH3 is 1. The molecule has 0 radical (unpaired) electrons. The van der Waals surface area contributed by atoms with Crippen molar-refractivity contribution in [3.05, 3.63) is 23.3 Å². The molecule has 0 amide bonds. The van der Waals surface area contributed by atoms with Crippen LogP contribution in [0.1, 0.15) is 37.3 Å². The van der Waals surface area contributed by atoms with Crippen molar-refractivity contribution in [3.63, 3.8) is 0 Å². The summed E-state index contributed by atoms with van der Waals surface area (Å²) in [5.74, 6) is 0.926. The van der Waals surface area contributed by atoms with Gasteiger partial charge in [0.25, 0.3) is 0 Å². The summed E-state index contributed by atoms with van der Waals surface area (Å²) in [5.41, 5.74) is 7.45. The van der Waals surface area contributed by atoms with Crippen molar-refractivity contribution < 1.29 is 13.2 Å². The Morgan fingerprint density at radius 3 is 2.52 bits per heavy atom. The van der Waals surface area contributed by atoms with Crippen molar-refractivity contribution in [3.8, 4) is 5.75 Å². The molecule has 0 spiro atoms. The minimum atomic E-state index is -3.49. The summed E-state index contributed by atoms with van der Waals surface area (Å²) in [4.78, 5) is 0.362. The van der Waals surface area contributed by atoms with E-state index in [-0.39, 0.29) is 12.0 Å². The number of nitrogens with two attached hydrogens (primary N) is 1. The number of hydrogen-bond acceptors (Lipinski definition) is 4. The Balaban J connectivity index is 2.50. The lowest BCUT2D eigenvalue weighted by molar-refractivity contribution is 0.406. The average Bonchev–Trinajstić information content (AvgIpc) is 2.85. The molecule has 21 heavy (non-hydrogen) atoms. The number of benzene rings is 1. The van der Waals surface area contributed by atoms with Gasteiger partial charge in [-0.2, -0.15) is 4.31 Å². The van der Waals surface area contributed by atoms with Crippen molar-refractivity contribution in [2.75, 3.05) is 20.2 Å². The number of aryl methyl sites for hydroxylation is 1. The number of rotatable bonds is 4. The average molecular weight is 312 g/mol. The maximum Gasteiger partial charge on any atom is 0.243 e. The molecule has 1 atom stereocenters. The molecule has 1 fully saturated rings. The summed E-state index contributed by atoms with van der Waals surface area (Å²) in [5, 5.41) is 0. The van der Waals surface area contributed by atoms with Crippen LogP contribution in [0.25, 0.3) is 0 Å². The van der Waals surface area contributed by atoms with E-state index in [0.29, 0.717) is 30.0 Å². The van der Waals surface area contributed by atoms with Crippen molar-refractivity contribution in [2.24, 2.45) is 5.73 Å². The fourth-order valence-electron chi connectivity index (χ4n) is 2.69. The Labute approximate surface area is 127 Å². The van der Waals surface area contributed by atoms with E-state index in [4.69, 9.17) is 10.5 Å². The van der Waals surface area contributed by atoms with Crippen LogP contribution in [0.3, 0.4) is 0 Å². The SMILES string of the molecule is COc1cc(C)c(S(=O)(=O)N2CC[C@@H](N)C2)cc1C(C)C. The third kappa shape index (κ3) is 3.07. The largest absolute Gasteiger partial charge is 0.496 e. The lowest BCUT2D eigenvalue weighted by Crippen LogP contribution is -2.32. The summed E-state index contributed by atoms with van der Waals surface area (Å²) in [6.07, 6.45) is 0.714. The molecule has 2 N–H and O–H groups in total. The molecule has 1 aliphatic heterocycles. The first-order chi connectivity index (χ1) is 9.77. The van der Waals surface area contributed by atoms with Crippen LogP contribution < -0.4 is 10.5 Å². The standard InChI is InChI=1S/C15H24N2O3S/c1-10(2)13-8-15(11(3)7-14(13)20-4)21(18,19)17-6-5-12(16)9-17/h7-8,10,12H,5-6,9,16H2,1-4H3/t12-/m1/s1. The van der Waals surface area contributed by atoms with Gasteiger partial charge >= 0.3 is 0 Å². The van der Waals surface area contributed by atoms with Crippen LogP contribution in [0.5, 0.6) is 5.75 Å². The lowest BCUT2D eigenvalue weighted by atomic mass is 10.0. The zero-order valence-electron chi connectivity index (χ0n) is 13.1. The highest BCUT2D eigenvalue weighted by Crippen LogP contribution is 2.33. The summed E-state index contributed by atoms with van der Waals surface area (Å²) in [7, 11) is -1.88. The normalized spacial score (nSPS) is 20.2. The van der Waals surface area contributed by atoms with E-state index in [2.05, 4.69) is 0 Å². The zero-order chi connectivity index (χ0) is 15.8. The summed E-state index contributed by atoms with van der Waals surface area (Å²) in [6, 6.07) is 3.49. The van der Waals surface area contributed by atoms with Gasteiger partial charge in [-0.3, -0.25) is 0 Å². The van der Waals surface area contributed by atoms with Gasteiger partial charge in [0.1, 0.15) is 5.75 Å². The molecule has 0 unspecified atom stereocenters. The van der Waals surface area contributed by atoms with Crippen molar-refractivity contribution in [1.82, 2.24) is 4.31 Å². The van der Waals surface area contributed by atoms with E-state index in [1.54, 1.807) is 26.2 Å². The van der Waals surface area contributed by atoms with E-state index >= 15 is 0 Å². The van der Waals surface area contributed by atoms with Gasteiger partial charge in [-0.25, -0.2) is 8.42 Å². The van der Waals surface area contributed by atoms with Gasteiger partial charge in [0, 0.05) is 19.1 Å². The first-order valence-corrected chi connectivity index (χ1v) is 8.65. The molecule has 0 aliphatic carbocycles. The van der Waals surface area contributed by atoms with Crippen LogP contribution in [0.15, 0.2) is 17.0 Å². The second-order valence-electron chi connectivity index (χ2n) is 5.93. The van der Waals surface area contributed by atoms with Gasteiger partial charge in [-0.05, 0) is 42.5 Å². The Morgan fingerprint density at radius 1 is 1.38 bits per heavy atom. The highest BCUT2D eigenvalue weighted by atomic mass is 32.2. The van der Waals surface area contributed by atoms with E-state index in [9.17, 15) is 8.42 Å². The number of sulfonamides is 1. The third-order valence-corrected chi connectivity index (χ3v) is 5.96. The van der Waals surface area contributed by atoms with Crippen LogP contribution in [0.2, 0.25) is 0 Å². The smallest absolute Gasteiger partial charge is 0.243 e. The van der Waals surface area contributed by atoms with E-state index < -0.39 is 10.0 Å². The molecule has 118 valence electrons. The molecule has 0 aromatic heterocycles. The minimum Gasteiger partial charge on any atom is -0.496 e. The van der Waals surface area contributed by atoms with Gasteiger partial charge in [-0.15, -0.1) is 0 Å². The van der Waals surface area contributed by atoms with Gasteiger partial charge in [0.05, 0.1) is 12.0 Å². The highest BCUT2D eigenvalue weighted by Gasteiger charge is 2.32. The molecule has 1 aromatic carbocycles. The summed E-state index contributed by atoms with van der Waals surface area (Å²) >= 11 is 0. The molecule has 1 heterocycles. The second-order valence-corrected chi connectivity index (χ2v) is 7.83. The maximum absolute atomic E-state index is 12.8. The minimum absolute atomic E-state index is 0.0668. The summed E-state index contributed by atoms with van der Waals surface area (Å²) < 4.78 is 32.5. The zero-order valence-corrected chi connectivity index (χ0v) is 13.9. The second kappa shape index (κ2) is 5.94. The molecule has 1 aromatic rings. The fraction of sp³-hybridized carbons (Fsp3) is 0.600. The number of hydrogen-bond donors (Lipinski definition) is 1. The van der Waals surface area contributed by atoms with Crippen LogP contribution in [0.4, 0.5) is 0 Å². The molecular weight excluding hydrogens is 288 g/mol. The van der Waals surface area contributed by atoms with Crippen molar-refractivity contribution in [1.29, 1.82) is 0 Å². The molecule has 1 saturated heterocycles. The Hall–Kier alpha value is -1.11. The molecule has 0 saturated carbocycles. The van der Waals surface area contributed by atoms with E-state index in [1.807, 2.05) is 13.8 Å². The van der Waals surface area contributed by atoms with E-state index in [1.165, 1.54) is 4.31 Å². The quantitative estimate of drug-likeness (QED) is 0.921. The van der Waals surface area contributed by atoms with Crippen molar-refractivity contribution in [2.45, 2.75) is 44.0 Å². The molecule has 0 bridgehead atoms. The van der Waals surface area contributed by atoms with Gasteiger partial charge in [0.15, 0.2) is 0 Å². The number of nitrogens with zero attached hydrogens (tertiary/aromatic N) is 1. The maximum atomic E-state index is 12.8. The van der Waals surface area contributed by atoms with Gasteiger partial charge in [0.2, 0.25) is 10.0 Å². The monoisotopic (exact) mass is 312 g/mol. The van der Waals surface area contributed by atoms with Gasteiger partial charge in [-0.1, -0.05) is 13.8 Å². The number of ether oxygens (including phenoxy) is 1. The van der Waals surface area contributed by atoms with Crippen LogP contribution in [-0.2, 0) is 10.0 Å². The predicted molar refractivity (Wildman–Crippen MR) is 83.2 cm³/mol. The molecule has 6 heteroatoms. The van der Waals surface area contributed by atoms with Gasteiger partial charge < -0.3 is 10.5 Å². The van der Waals surface area contributed by atoms with Crippen LogP contribution in [0, 0.1) is 6.92 Å². The Morgan fingerprint density at radius 2 is 2.05 bits per heavy atom. The molecule has 2 rings (SSSR count). The molecular formula is C15H24N2O3S. The summed E-state index contributed by atoms with van der Waals surface area (Å²) in [6.45, 7) is 6.73. The van der Waals surface area contributed by atoms with Crippen molar-refractivity contribution >= 4 is 10.0 Å². The molecule has 5 nitrogen and oxygen atoms in total. The van der Waals surface area contributed by atoms with Crippen LogP contribution >= 0.6 is 0 Å². The first-order valence-electron chi connectivity index (χ1n) is 7.21. The van der Waals surface area contributed by atoms with E-state index in [0.717, 1.165) is 11.3 Å². The van der Waals surface area contributed by atoms with Crippen LogP contribution in [-0.4, -0.2) is 39.0 Å². The predicted octanol–water partition coefficient (Wildman–Crippen LogP) is 1.85. The Kier molecular flexibility index (Phi) is 4.60. The Bertz CT molecular complexity index is 626. The first kappa shape index (κ1) is 16.3. The fourth-order valence-corrected chi connectivity index (χ4v) is 4.45.